The Morgan fingerprint density at radius 3 is 2.66 bits per heavy atom. The summed E-state index contributed by atoms with van der Waals surface area (Å²) >= 11 is 0. The van der Waals surface area contributed by atoms with Gasteiger partial charge in [-0.25, -0.2) is 4.99 Å². The molecule has 0 spiro atoms. The molecule has 0 aromatic heterocycles. The zero-order valence-electron chi connectivity index (χ0n) is 19.8. The summed E-state index contributed by atoms with van der Waals surface area (Å²) in [6.45, 7) is 9.70. The van der Waals surface area contributed by atoms with Gasteiger partial charge in [0.25, 0.3) is 0 Å². The van der Waals surface area contributed by atoms with Crippen molar-refractivity contribution in [3.05, 3.63) is 65.2 Å². The number of guanidine groups is 1. The normalized spacial score (nSPS) is 15.1. The van der Waals surface area contributed by atoms with Gasteiger partial charge >= 0.3 is 0 Å². The van der Waals surface area contributed by atoms with Crippen LogP contribution < -0.4 is 15.4 Å². The Balaban J connectivity index is 1.47. The number of benzene rings is 2. The third kappa shape index (κ3) is 8.17. The van der Waals surface area contributed by atoms with Gasteiger partial charge in [0.15, 0.2) is 5.96 Å². The van der Waals surface area contributed by atoms with Gasteiger partial charge in [0.2, 0.25) is 0 Å². The highest BCUT2D eigenvalue weighted by Gasteiger charge is 2.17. The minimum atomic E-state index is 0.603. The van der Waals surface area contributed by atoms with Crippen molar-refractivity contribution in [2.45, 2.75) is 45.8 Å². The lowest BCUT2D eigenvalue weighted by molar-refractivity contribution is 0.0392. The highest BCUT2D eigenvalue weighted by molar-refractivity contribution is 5.79. The first kappa shape index (κ1) is 24.1. The molecule has 2 N–H and O–H groups in total. The van der Waals surface area contributed by atoms with Gasteiger partial charge in [-0.3, -0.25) is 4.90 Å². The van der Waals surface area contributed by atoms with Gasteiger partial charge in [-0.1, -0.05) is 42.0 Å². The molecule has 0 saturated carbocycles. The van der Waals surface area contributed by atoms with Crippen LogP contribution in [0.3, 0.4) is 0 Å². The van der Waals surface area contributed by atoms with Crippen LogP contribution in [0.2, 0.25) is 0 Å². The molecule has 0 aliphatic carbocycles. The van der Waals surface area contributed by atoms with Crippen LogP contribution >= 0.6 is 0 Å². The molecule has 1 aliphatic rings. The van der Waals surface area contributed by atoms with Crippen molar-refractivity contribution in [2.75, 3.05) is 40.0 Å². The lowest BCUT2D eigenvalue weighted by atomic mass is 10.1. The zero-order valence-corrected chi connectivity index (χ0v) is 19.8. The van der Waals surface area contributed by atoms with E-state index in [9.17, 15) is 0 Å². The first-order chi connectivity index (χ1) is 15.6. The quantitative estimate of drug-likeness (QED) is 0.437. The van der Waals surface area contributed by atoms with Gasteiger partial charge in [0, 0.05) is 38.9 Å². The standard InChI is InChI=1S/C26H38N4O2/c1-4-27-26(28-19-22-8-5-7-21(2)17-22)29-20-23-9-6-10-25(18-23)32-16-13-30(3)24-11-14-31-15-12-24/h5-10,17-18,24H,4,11-16,19-20H2,1-3H3,(H2,27,28,29). The van der Waals surface area contributed by atoms with Crippen molar-refractivity contribution in [2.24, 2.45) is 4.99 Å². The predicted molar refractivity (Wildman–Crippen MR) is 131 cm³/mol. The van der Waals surface area contributed by atoms with Crippen LogP contribution in [-0.4, -0.2) is 56.9 Å². The molecular weight excluding hydrogens is 400 g/mol. The maximum Gasteiger partial charge on any atom is 0.191 e. The Bertz CT molecular complexity index is 849. The Labute approximate surface area is 193 Å². The molecule has 0 bridgehead atoms. The molecule has 3 rings (SSSR count). The molecule has 1 heterocycles. The van der Waals surface area contributed by atoms with Crippen molar-refractivity contribution in [3.63, 3.8) is 0 Å². The van der Waals surface area contributed by atoms with Gasteiger partial charge in [-0.05, 0) is 57.0 Å². The van der Waals surface area contributed by atoms with Crippen LogP contribution in [0, 0.1) is 6.92 Å². The fraction of sp³-hybridized carbons (Fsp3) is 0.500. The van der Waals surface area contributed by atoms with Gasteiger partial charge in [0.1, 0.15) is 12.4 Å². The molecule has 2 aromatic rings. The first-order valence-corrected chi connectivity index (χ1v) is 11.7. The lowest BCUT2D eigenvalue weighted by Crippen LogP contribution is -2.38. The fourth-order valence-corrected chi connectivity index (χ4v) is 3.87. The van der Waals surface area contributed by atoms with E-state index < -0.39 is 0 Å². The number of rotatable bonds is 10. The summed E-state index contributed by atoms with van der Waals surface area (Å²) in [6.07, 6.45) is 2.22. The van der Waals surface area contributed by atoms with E-state index in [-0.39, 0.29) is 0 Å². The van der Waals surface area contributed by atoms with E-state index in [4.69, 9.17) is 14.5 Å². The summed E-state index contributed by atoms with van der Waals surface area (Å²) in [6, 6.07) is 17.4. The van der Waals surface area contributed by atoms with Crippen molar-refractivity contribution < 1.29 is 9.47 Å². The van der Waals surface area contributed by atoms with E-state index in [0.29, 0.717) is 25.7 Å². The maximum absolute atomic E-state index is 6.03. The van der Waals surface area contributed by atoms with E-state index in [1.54, 1.807) is 0 Å². The van der Waals surface area contributed by atoms with Crippen molar-refractivity contribution in [1.82, 2.24) is 15.5 Å². The molecule has 0 atom stereocenters. The molecule has 0 unspecified atom stereocenters. The van der Waals surface area contributed by atoms with Crippen LogP contribution in [0.5, 0.6) is 5.75 Å². The molecule has 174 valence electrons. The Morgan fingerprint density at radius 1 is 1.09 bits per heavy atom. The van der Waals surface area contributed by atoms with Crippen LogP contribution in [0.15, 0.2) is 53.5 Å². The van der Waals surface area contributed by atoms with Crippen LogP contribution in [0.1, 0.15) is 36.5 Å². The number of hydrogen-bond donors (Lipinski definition) is 2. The van der Waals surface area contributed by atoms with E-state index >= 15 is 0 Å². The third-order valence-electron chi connectivity index (χ3n) is 5.73. The van der Waals surface area contributed by atoms with Crippen LogP contribution in [-0.2, 0) is 17.8 Å². The summed E-state index contributed by atoms with van der Waals surface area (Å²) in [5.41, 5.74) is 3.64. The van der Waals surface area contributed by atoms with E-state index in [1.165, 1.54) is 16.7 Å². The molecule has 2 aromatic carbocycles. The largest absolute Gasteiger partial charge is 0.492 e. The Kier molecular flexibility index (Phi) is 9.85. The van der Waals surface area contributed by atoms with Gasteiger partial charge in [-0.2, -0.15) is 0 Å². The zero-order chi connectivity index (χ0) is 22.6. The van der Waals surface area contributed by atoms with E-state index in [0.717, 1.165) is 50.9 Å². The molecule has 32 heavy (non-hydrogen) atoms. The van der Waals surface area contributed by atoms with E-state index in [1.807, 2.05) is 12.1 Å². The molecule has 1 fully saturated rings. The average Bonchev–Trinajstić information content (AvgIpc) is 2.82. The molecule has 1 aliphatic heterocycles. The highest BCUT2D eigenvalue weighted by Crippen LogP contribution is 2.15. The predicted octanol–water partition coefficient (Wildman–Crippen LogP) is 3.74. The second kappa shape index (κ2) is 13.1. The molecule has 0 radical (unpaired) electrons. The summed E-state index contributed by atoms with van der Waals surface area (Å²) in [5, 5.41) is 6.75. The summed E-state index contributed by atoms with van der Waals surface area (Å²) in [5.74, 6) is 1.73. The summed E-state index contributed by atoms with van der Waals surface area (Å²) in [4.78, 5) is 7.11. The average molecular weight is 439 g/mol. The monoisotopic (exact) mass is 438 g/mol. The number of likely N-dealkylation sites (N-methyl/N-ethyl adjacent to an activating group) is 1. The summed E-state index contributed by atoms with van der Waals surface area (Å²) < 4.78 is 11.5. The molecular formula is C26H38N4O2. The number of hydrogen-bond acceptors (Lipinski definition) is 4. The topological polar surface area (TPSA) is 58.1 Å². The number of nitrogens with one attached hydrogen (secondary N) is 2. The van der Waals surface area contributed by atoms with Crippen molar-refractivity contribution in [1.29, 1.82) is 0 Å². The van der Waals surface area contributed by atoms with Gasteiger partial charge in [0.05, 0.1) is 6.54 Å². The minimum absolute atomic E-state index is 0.603. The van der Waals surface area contributed by atoms with Crippen molar-refractivity contribution in [3.8, 4) is 5.75 Å². The highest BCUT2D eigenvalue weighted by atomic mass is 16.5. The summed E-state index contributed by atoms with van der Waals surface area (Å²) in [7, 11) is 2.18. The number of ether oxygens (including phenoxy) is 2. The third-order valence-corrected chi connectivity index (χ3v) is 5.73. The number of aryl methyl sites for hydroxylation is 1. The van der Waals surface area contributed by atoms with Crippen LogP contribution in [0.25, 0.3) is 0 Å². The van der Waals surface area contributed by atoms with Crippen LogP contribution in [0.4, 0.5) is 0 Å². The fourth-order valence-electron chi connectivity index (χ4n) is 3.87. The maximum atomic E-state index is 6.03. The molecule has 1 saturated heterocycles. The first-order valence-electron chi connectivity index (χ1n) is 11.7. The van der Waals surface area contributed by atoms with Crippen molar-refractivity contribution >= 4 is 5.96 Å². The number of aliphatic imine (C=N–C) groups is 1. The van der Waals surface area contributed by atoms with E-state index in [2.05, 4.69) is 72.8 Å². The molecule has 0 amide bonds. The van der Waals surface area contributed by atoms with Gasteiger partial charge < -0.3 is 20.1 Å². The lowest BCUT2D eigenvalue weighted by Gasteiger charge is -2.31. The SMILES string of the molecule is CCNC(=NCc1cccc(C)c1)NCc1cccc(OCCN(C)C2CCOCC2)c1. The second-order valence-corrected chi connectivity index (χ2v) is 8.36. The Hall–Kier alpha value is -2.57. The number of nitrogens with zero attached hydrogens (tertiary/aromatic N) is 2. The molecule has 6 nitrogen and oxygen atoms in total. The molecule has 6 heteroatoms. The Morgan fingerprint density at radius 2 is 1.88 bits per heavy atom. The van der Waals surface area contributed by atoms with Gasteiger partial charge in [-0.15, -0.1) is 0 Å². The second-order valence-electron chi connectivity index (χ2n) is 8.36. The smallest absolute Gasteiger partial charge is 0.191 e. The minimum Gasteiger partial charge on any atom is -0.492 e.